The Morgan fingerprint density at radius 1 is 1.03 bits per heavy atom. The van der Waals surface area contributed by atoms with Gasteiger partial charge in [-0.05, 0) is 60.5 Å². The van der Waals surface area contributed by atoms with Crippen LogP contribution in [0.4, 0.5) is 23.7 Å². The summed E-state index contributed by atoms with van der Waals surface area (Å²) in [5, 5.41) is 4.31. The molecule has 0 aliphatic heterocycles. The second kappa shape index (κ2) is 12.4. The minimum absolute atomic E-state index is 0.193. The van der Waals surface area contributed by atoms with Crippen molar-refractivity contribution in [3.63, 3.8) is 0 Å². The lowest BCUT2D eigenvalue weighted by molar-refractivity contribution is -0.137. The van der Waals surface area contributed by atoms with Gasteiger partial charge < -0.3 is 24.6 Å². The zero-order valence-corrected chi connectivity index (χ0v) is 22.5. The predicted molar refractivity (Wildman–Crippen MR) is 143 cm³/mol. The highest BCUT2D eigenvalue weighted by atomic mass is 32.1. The molecule has 0 radical (unpaired) electrons. The average molecular weight is 562 g/mol. The highest BCUT2D eigenvalue weighted by molar-refractivity contribution is 7.09. The lowest BCUT2D eigenvalue weighted by Gasteiger charge is -2.28. The summed E-state index contributed by atoms with van der Waals surface area (Å²) in [5.74, 6) is 0.905. The summed E-state index contributed by atoms with van der Waals surface area (Å²) < 4.78 is 51.0. The maximum Gasteiger partial charge on any atom is 0.418 e. The number of thiophene rings is 1. The van der Waals surface area contributed by atoms with Gasteiger partial charge >= 0.3 is 12.2 Å². The number of alkyl halides is 3. The Balaban J connectivity index is 1.48. The van der Waals surface area contributed by atoms with Crippen LogP contribution in [0, 0.1) is 0 Å². The van der Waals surface area contributed by atoms with Crippen LogP contribution >= 0.6 is 11.3 Å². The maximum absolute atomic E-state index is 13.5. The Kier molecular flexibility index (Phi) is 9.01. The van der Waals surface area contributed by atoms with Crippen LogP contribution in [-0.2, 0) is 23.9 Å². The van der Waals surface area contributed by atoms with Crippen LogP contribution in [0.5, 0.6) is 11.5 Å². The zero-order chi connectivity index (χ0) is 28.0. The fourth-order valence-electron chi connectivity index (χ4n) is 4.21. The van der Waals surface area contributed by atoms with E-state index in [9.17, 15) is 22.8 Å². The van der Waals surface area contributed by atoms with E-state index in [4.69, 9.17) is 9.47 Å². The highest BCUT2D eigenvalue weighted by Gasteiger charge is 2.37. The van der Waals surface area contributed by atoms with E-state index >= 15 is 0 Å². The molecular formula is C28H30F3N3O4S. The van der Waals surface area contributed by atoms with Gasteiger partial charge in [-0.2, -0.15) is 13.2 Å². The summed E-state index contributed by atoms with van der Waals surface area (Å²) in [6.07, 6.45) is -2.70. The number of hydrogen-bond acceptors (Lipinski definition) is 5. The van der Waals surface area contributed by atoms with Crippen LogP contribution in [0.1, 0.15) is 28.8 Å². The Bertz CT molecular complexity index is 1280. The van der Waals surface area contributed by atoms with Crippen molar-refractivity contribution in [1.82, 2.24) is 9.80 Å². The van der Waals surface area contributed by atoms with Crippen LogP contribution < -0.4 is 14.8 Å². The van der Waals surface area contributed by atoms with Gasteiger partial charge in [-0.25, -0.2) is 4.79 Å². The number of halogens is 3. The van der Waals surface area contributed by atoms with Crippen molar-refractivity contribution < 1.29 is 32.2 Å². The summed E-state index contributed by atoms with van der Waals surface area (Å²) >= 11 is 1.52. The largest absolute Gasteiger partial charge is 0.493 e. The molecule has 1 aliphatic rings. The van der Waals surface area contributed by atoms with Crippen molar-refractivity contribution in [2.45, 2.75) is 38.0 Å². The number of para-hydroxylation sites is 1. The number of carbonyl (C=O) groups is 2. The van der Waals surface area contributed by atoms with E-state index in [1.54, 1.807) is 25.2 Å². The minimum Gasteiger partial charge on any atom is -0.493 e. The molecule has 0 atom stereocenters. The molecule has 11 heteroatoms. The number of anilines is 1. The minimum atomic E-state index is -4.62. The molecule has 1 N–H and O–H groups in total. The summed E-state index contributed by atoms with van der Waals surface area (Å²) in [5.41, 5.74) is -0.330. The SMILES string of the molecule is COc1ccc(CCN(Cc2cccs2)C(=O)CN(C(=O)Nc2ccccc2C(F)(F)F)C2CC2)cc1OC. The van der Waals surface area contributed by atoms with Gasteiger partial charge in [0.1, 0.15) is 6.54 Å². The molecule has 3 aromatic rings. The number of rotatable bonds is 11. The molecule has 2 aromatic carbocycles. The predicted octanol–water partition coefficient (Wildman–Crippen LogP) is 6.05. The molecule has 1 aliphatic carbocycles. The van der Waals surface area contributed by atoms with Crippen molar-refractivity contribution in [3.05, 3.63) is 76.0 Å². The Morgan fingerprint density at radius 2 is 1.77 bits per heavy atom. The van der Waals surface area contributed by atoms with E-state index in [-0.39, 0.29) is 24.2 Å². The maximum atomic E-state index is 13.5. The number of urea groups is 1. The molecule has 1 saturated carbocycles. The number of ether oxygens (including phenoxy) is 2. The first-order valence-electron chi connectivity index (χ1n) is 12.4. The number of nitrogens with one attached hydrogen (secondary N) is 1. The molecule has 0 spiro atoms. The van der Waals surface area contributed by atoms with Gasteiger partial charge in [0.2, 0.25) is 5.91 Å². The van der Waals surface area contributed by atoms with Gasteiger partial charge in [-0.3, -0.25) is 4.79 Å². The Labute approximate surface area is 229 Å². The summed E-state index contributed by atoms with van der Waals surface area (Å²) in [6, 6.07) is 13.3. The molecule has 0 saturated heterocycles. The Morgan fingerprint density at radius 3 is 2.41 bits per heavy atom. The first kappa shape index (κ1) is 28.3. The first-order valence-corrected chi connectivity index (χ1v) is 13.3. The number of carbonyl (C=O) groups excluding carboxylic acids is 2. The van der Waals surface area contributed by atoms with Gasteiger partial charge in [0.15, 0.2) is 11.5 Å². The van der Waals surface area contributed by atoms with Gasteiger partial charge in [0.25, 0.3) is 0 Å². The third-order valence-corrected chi connectivity index (χ3v) is 7.29. The van der Waals surface area contributed by atoms with Crippen molar-refractivity contribution in [1.29, 1.82) is 0 Å². The van der Waals surface area contributed by atoms with E-state index in [2.05, 4.69) is 5.32 Å². The fraction of sp³-hybridized carbons (Fsp3) is 0.357. The fourth-order valence-corrected chi connectivity index (χ4v) is 4.93. The quantitative estimate of drug-likeness (QED) is 0.309. The van der Waals surface area contributed by atoms with Crippen molar-refractivity contribution >= 4 is 29.0 Å². The van der Waals surface area contributed by atoms with Crippen molar-refractivity contribution in [2.75, 3.05) is 32.6 Å². The van der Waals surface area contributed by atoms with Crippen LogP contribution in [0.3, 0.4) is 0 Å². The van der Waals surface area contributed by atoms with Gasteiger partial charge in [-0.15, -0.1) is 11.3 Å². The van der Waals surface area contributed by atoms with Crippen molar-refractivity contribution in [3.8, 4) is 11.5 Å². The van der Waals surface area contributed by atoms with Crippen LogP contribution in [-0.4, -0.2) is 55.1 Å². The third kappa shape index (κ3) is 7.44. The molecule has 0 bridgehead atoms. The molecule has 1 heterocycles. The molecule has 208 valence electrons. The molecule has 0 unspecified atom stereocenters. The molecule has 1 aromatic heterocycles. The molecule has 3 amide bonds. The average Bonchev–Trinajstić information content (AvgIpc) is 3.63. The van der Waals surface area contributed by atoms with Gasteiger partial charge in [0.05, 0.1) is 32.0 Å². The third-order valence-electron chi connectivity index (χ3n) is 6.43. The molecule has 39 heavy (non-hydrogen) atoms. The standard InChI is InChI=1S/C28H30F3N3O4S/c1-37-24-12-9-19(16-25(24)38-2)13-14-33(17-21-6-5-15-39-21)26(35)18-34(20-10-11-20)27(36)32-23-8-4-3-7-22(23)28(29,30)31/h3-9,12,15-16,20H,10-11,13-14,17-18H2,1-2H3,(H,32,36). The van der Waals surface area contributed by atoms with Gasteiger partial charge in [-0.1, -0.05) is 24.3 Å². The smallest absolute Gasteiger partial charge is 0.418 e. The number of benzene rings is 2. The normalized spacial score (nSPS) is 13.1. The lowest BCUT2D eigenvalue weighted by atomic mass is 10.1. The monoisotopic (exact) mass is 561 g/mol. The summed E-state index contributed by atoms with van der Waals surface area (Å²) in [7, 11) is 3.11. The number of methoxy groups -OCH3 is 2. The van der Waals surface area contributed by atoms with Crippen LogP contribution in [0.25, 0.3) is 0 Å². The summed E-state index contributed by atoms with van der Waals surface area (Å²) in [4.78, 5) is 30.6. The van der Waals surface area contributed by atoms with E-state index in [0.29, 0.717) is 43.9 Å². The van der Waals surface area contributed by atoms with E-state index in [1.807, 2.05) is 29.6 Å². The number of hydrogen-bond donors (Lipinski definition) is 1. The van der Waals surface area contributed by atoms with Crippen molar-refractivity contribution in [2.24, 2.45) is 0 Å². The second-order valence-electron chi connectivity index (χ2n) is 9.17. The van der Waals surface area contributed by atoms with Crippen LogP contribution in [0.2, 0.25) is 0 Å². The molecule has 4 rings (SSSR count). The highest BCUT2D eigenvalue weighted by Crippen LogP contribution is 2.35. The zero-order valence-electron chi connectivity index (χ0n) is 21.7. The second-order valence-corrected chi connectivity index (χ2v) is 10.2. The first-order chi connectivity index (χ1) is 18.7. The van der Waals surface area contributed by atoms with Gasteiger partial charge in [0, 0.05) is 17.5 Å². The Hall–Kier alpha value is -3.73. The summed E-state index contributed by atoms with van der Waals surface area (Å²) in [6.45, 7) is 0.506. The number of nitrogens with zero attached hydrogens (tertiary/aromatic N) is 2. The number of amides is 3. The topological polar surface area (TPSA) is 71.1 Å². The lowest BCUT2D eigenvalue weighted by Crippen LogP contribution is -2.46. The van der Waals surface area contributed by atoms with E-state index < -0.39 is 17.8 Å². The molecular weight excluding hydrogens is 531 g/mol. The molecule has 1 fully saturated rings. The van der Waals surface area contributed by atoms with E-state index in [0.717, 1.165) is 16.5 Å². The van der Waals surface area contributed by atoms with Crippen LogP contribution in [0.15, 0.2) is 60.0 Å². The molecule has 7 nitrogen and oxygen atoms in total. The van der Waals surface area contributed by atoms with E-state index in [1.165, 1.54) is 34.4 Å².